The maximum absolute atomic E-state index is 6.24. The average Bonchev–Trinajstić information content (AvgIpc) is 2.73. The number of hydrogen-bond donors (Lipinski definition) is 0. The number of hydrogen-bond acceptors (Lipinski definition) is 5. The molecule has 1 heterocycles. The number of rotatable bonds is 11. The molecule has 0 aliphatic heterocycles. The Balaban J connectivity index is 0.000000513. The van der Waals surface area contributed by atoms with Gasteiger partial charge in [0.25, 0.3) is 0 Å². The zero-order chi connectivity index (χ0) is 25.0. The molecule has 1 nitrogen and oxygen atoms in total. The molecule has 33 heavy (non-hydrogen) atoms. The van der Waals surface area contributed by atoms with Gasteiger partial charge in [0.1, 0.15) is 5.58 Å². The highest BCUT2D eigenvalue weighted by Crippen LogP contribution is 2.33. The summed E-state index contributed by atoms with van der Waals surface area (Å²) in [6.45, 7) is 15.5. The SMILES string of the molecule is CC(C)CCC(C)(C)C.Cc1c(Cl)c(=S)oc2c(C)cc(SCCCCCCSC=S)cc12. The first kappa shape index (κ1) is 31.0. The monoisotopic (exact) mass is 544 g/mol. The summed E-state index contributed by atoms with van der Waals surface area (Å²) >= 11 is 19.9. The van der Waals surface area contributed by atoms with Crippen molar-refractivity contribution in [1.29, 1.82) is 0 Å². The van der Waals surface area contributed by atoms with Crippen molar-refractivity contribution in [2.24, 2.45) is 11.3 Å². The van der Waals surface area contributed by atoms with E-state index in [2.05, 4.69) is 53.7 Å². The van der Waals surface area contributed by atoms with Crippen LogP contribution in [0.2, 0.25) is 5.02 Å². The fraction of sp³-hybridized carbons (Fsp3) is 0.630. The van der Waals surface area contributed by atoms with Crippen LogP contribution in [0.4, 0.5) is 0 Å². The molecule has 0 saturated carbocycles. The molecule has 1 aromatic carbocycles. The standard InChI is InChI=1S/C18H21ClOS4.C9H20/c1-12-9-14(24-8-6-4-3-5-7-23-11-21)10-15-13(2)16(19)18(22)20-17(12)15;1-8(2)6-7-9(3,4)5/h9-11H,3-8H2,1-2H3;8H,6-7H2,1-5H3. The summed E-state index contributed by atoms with van der Waals surface area (Å²) in [6.07, 6.45) is 7.76. The molecule has 0 bridgehead atoms. The Labute approximate surface area is 226 Å². The maximum Gasteiger partial charge on any atom is 0.209 e. The third-order valence-electron chi connectivity index (χ3n) is 5.32. The fourth-order valence-corrected chi connectivity index (χ4v) is 5.43. The Hall–Kier alpha value is -0.0700. The molecule has 1 aromatic heterocycles. The molecule has 0 unspecified atom stereocenters. The minimum atomic E-state index is 0.372. The average molecular weight is 545 g/mol. The van der Waals surface area contributed by atoms with Gasteiger partial charge in [-0.15, -0.1) is 23.5 Å². The van der Waals surface area contributed by atoms with E-state index < -0.39 is 0 Å². The predicted octanol–water partition coefficient (Wildman–Crippen LogP) is 11.2. The lowest BCUT2D eigenvalue weighted by Gasteiger charge is -2.18. The molecule has 0 atom stereocenters. The summed E-state index contributed by atoms with van der Waals surface area (Å²) < 4.78 is 7.84. The van der Waals surface area contributed by atoms with E-state index in [4.69, 9.17) is 40.5 Å². The van der Waals surface area contributed by atoms with Crippen molar-refractivity contribution in [3.05, 3.63) is 33.0 Å². The van der Waals surface area contributed by atoms with E-state index in [9.17, 15) is 0 Å². The Kier molecular flexibility index (Phi) is 14.9. The number of halogens is 1. The summed E-state index contributed by atoms with van der Waals surface area (Å²) in [6, 6.07) is 4.34. The lowest BCUT2D eigenvalue weighted by Crippen LogP contribution is -2.05. The summed E-state index contributed by atoms with van der Waals surface area (Å²) in [7, 11) is 0. The molecule has 0 fully saturated rings. The molecule has 0 saturated heterocycles. The number of benzene rings is 1. The van der Waals surface area contributed by atoms with E-state index in [-0.39, 0.29) is 0 Å². The van der Waals surface area contributed by atoms with Crippen LogP contribution < -0.4 is 0 Å². The molecule has 0 aliphatic rings. The molecule has 2 aromatic rings. The minimum absolute atomic E-state index is 0.372. The van der Waals surface area contributed by atoms with Gasteiger partial charge in [0.15, 0.2) is 0 Å². The van der Waals surface area contributed by atoms with Crippen LogP contribution in [0.25, 0.3) is 11.0 Å². The van der Waals surface area contributed by atoms with Gasteiger partial charge in [-0.3, -0.25) is 0 Å². The van der Waals surface area contributed by atoms with Crippen LogP contribution in [0.5, 0.6) is 0 Å². The van der Waals surface area contributed by atoms with Crippen molar-refractivity contribution < 1.29 is 4.42 Å². The smallest absolute Gasteiger partial charge is 0.209 e. The van der Waals surface area contributed by atoms with Crippen molar-refractivity contribution in [3.63, 3.8) is 0 Å². The summed E-state index contributed by atoms with van der Waals surface area (Å²) in [4.78, 5) is 1.27. The largest absolute Gasteiger partial charge is 0.443 e. The van der Waals surface area contributed by atoms with Gasteiger partial charge in [-0.1, -0.05) is 77.7 Å². The van der Waals surface area contributed by atoms with Crippen LogP contribution in [0.3, 0.4) is 0 Å². The predicted molar refractivity (Wildman–Crippen MR) is 160 cm³/mol. The van der Waals surface area contributed by atoms with Gasteiger partial charge in [0.05, 0.1) is 5.02 Å². The molecule has 6 heteroatoms. The molecule has 0 spiro atoms. The number of thiocarbonyl (C=S) groups is 1. The third-order valence-corrected chi connectivity index (χ3v) is 8.31. The third kappa shape index (κ3) is 12.5. The second-order valence-corrected chi connectivity index (χ2v) is 13.6. The van der Waals surface area contributed by atoms with E-state index >= 15 is 0 Å². The maximum atomic E-state index is 6.24. The number of thioether (sulfide) groups is 2. The van der Waals surface area contributed by atoms with Crippen molar-refractivity contribution in [3.8, 4) is 0 Å². The molecule has 0 amide bonds. The summed E-state index contributed by atoms with van der Waals surface area (Å²) in [5.74, 6) is 3.15. The zero-order valence-electron chi connectivity index (χ0n) is 21.4. The van der Waals surface area contributed by atoms with Crippen LogP contribution >= 0.6 is 59.6 Å². The van der Waals surface area contributed by atoms with Gasteiger partial charge in [0, 0.05) is 15.0 Å². The van der Waals surface area contributed by atoms with Gasteiger partial charge in [-0.2, -0.15) is 0 Å². The Morgan fingerprint density at radius 2 is 1.70 bits per heavy atom. The number of fused-ring (bicyclic) bond motifs is 1. The van der Waals surface area contributed by atoms with Gasteiger partial charge in [-0.05, 0) is 91.4 Å². The van der Waals surface area contributed by atoms with E-state index in [1.807, 2.05) is 18.7 Å². The highest BCUT2D eigenvalue weighted by atomic mass is 35.5. The van der Waals surface area contributed by atoms with Gasteiger partial charge in [-0.25, -0.2) is 0 Å². The van der Waals surface area contributed by atoms with E-state index in [1.165, 1.54) is 43.4 Å². The lowest BCUT2D eigenvalue weighted by atomic mass is 9.88. The van der Waals surface area contributed by atoms with Crippen molar-refractivity contribution in [1.82, 2.24) is 0 Å². The van der Waals surface area contributed by atoms with Crippen LogP contribution in [0.1, 0.15) is 84.3 Å². The van der Waals surface area contributed by atoms with Crippen molar-refractivity contribution >= 4 is 75.2 Å². The topological polar surface area (TPSA) is 13.1 Å². The van der Waals surface area contributed by atoms with Gasteiger partial charge < -0.3 is 4.42 Å². The van der Waals surface area contributed by atoms with Crippen LogP contribution in [-0.2, 0) is 0 Å². The number of unbranched alkanes of at least 4 members (excludes halogenated alkanes) is 3. The Bertz CT molecular complexity index is 928. The van der Waals surface area contributed by atoms with E-state index in [1.54, 1.807) is 16.5 Å². The normalized spacial score (nSPS) is 11.5. The molecule has 186 valence electrons. The Morgan fingerprint density at radius 1 is 1.06 bits per heavy atom. The first-order chi connectivity index (χ1) is 15.5. The second-order valence-electron chi connectivity index (χ2n) is 10.2. The lowest BCUT2D eigenvalue weighted by molar-refractivity contribution is 0.338. The van der Waals surface area contributed by atoms with E-state index in [0.29, 0.717) is 15.1 Å². The molecule has 2 rings (SSSR count). The Morgan fingerprint density at radius 3 is 2.24 bits per heavy atom. The van der Waals surface area contributed by atoms with Crippen LogP contribution in [0, 0.1) is 29.9 Å². The highest BCUT2D eigenvalue weighted by molar-refractivity contribution is 8.20. The van der Waals surface area contributed by atoms with Crippen molar-refractivity contribution in [2.75, 3.05) is 11.5 Å². The van der Waals surface area contributed by atoms with E-state index in [0.717, 1.165) is 39.5 Å². The summed E-state index contributed by atoms with van der Waals surface area (Å²) in [5, 5.41) is 1.61. The van der Waals surface area contributed by atoms with Crippen LogP contribution in [0.15, 0.2) is 21.4 Å². The quantitative estimate of drug-likeness (QED) is 0.158. The molecular weight excluding hydrogens is 504 g/mol. The first-order valence-corrected chi connectivity index (χ1v) is 15.2. The molecule has 0 aliphatic carbocycles. The van der Waals surface area contributed by atoms with Crippen LogP contribution in [-0.4, -0.2) is 16.2 Å². The molecule has 0 radical (unpaired) electrons. The number of aryl methyl sites for hydroxylation is 2. The first-order valence-electron chi connectivity index (χ1n) is 11.9. The zero-order valence-corrected chi connectivity index (χ0v) is 25.4. The molecule has 0 N–H and O–H groups in total. The summed E-state index contributed by atoms with van der Waals surface area (Å²) in [5.41, 5.74) is 3.49. The molecular formula is C27H41ClOS4. The van der Waals surface area contributed by atoms with Crippen molar-refractivity contribution in [2.45, 2.75) is 91.9 Å². The second kappa shape index (κ2) is 15.8. The minimum Gasteiger partial charge on any atom is -0.443 e. The fourth-order valence-electron chi connectivity index (χ4n) is 3.25. The van der Waals surface area contributed by atoms with Gasteiger partial charge >= 0.3 is 0 Å². The van der Waals surface area contributed by atoms with Gasteiger partial charge in [0.2, 0.25) is 4.71 Å². The highest BCUT2D eigenvalue weighted by Gasteiger charge is 2.11.